The van der Waals surface area contributed by atoms with Crippen molar-refractivity contribution in [2.75, 3.05) is 6.54 Å². The van der Waals surface area contributed by atoms with Crippen molar-refractivity contribution in [3.05, 3.63) is 74.9 Å². The van der Waals surface area contributed by atoms with Gasteiger partial charge in [-0.3, -0.25) is 13.9 Å². The van der Waals surface area contributed by atoms with Crippen LogP contribution in [0.4, 0.5) is 0 Å². The summed E-state index contributed by atoms with van der Waals surface area (Å²) in [7, 11) is -1.67. The number of benzene rings is 2. The fourth-order valence-corrected chi connectivity index (χ4v) is 8.53. The van der Waals surface area contributed by atoms with Crippen LogP contribution in [0.1, 0.15) is 72.9 Å². The highest BCUT2D eigenvalue weighted by Gasteiger charge is 2.42. The smallest absolute Gasteiger partial charge is 0.310 e. The van der Waals surface area contributed by atoms with E-state index in [0.717, 1.165) is 52.5 Å². The van der Waals surface area contributed by atoms with Crippen molar-refractivity contribution < 1.29 is 23.7 Å². The van der Waals surface area contributed by atoms with E-state index < -0.39 is 28.1 Å². The van der Waals surface area contributed by atoms with E-state index >= 15 is 0 Å². The Morgan fingerprint density at radius 3 is 2.73 bits per heavy atom. The number of aromatic nitrogens is 4. The first-order valence-electron chi connectivity index (χ1n) is 14.8. The minimum atomic E-state index is -3.51. The minimum absolute atomic E-state index is 0.173. The molecule has 2 aromatic heterocycles. The molecule has 1 aliphatic heterocycles. The van der Waals surface area contributed by atoms with Crippen molar-refractivity contribution >= 4 is 39.4 Å². The number of aryl methyl sites for hydroxylation is 3. The van der Waals surface area contributed by atoms with Gasteiger partial charge in [-0.2, -0.15) is 4.31 Å². The second kappa shape index (κ2) is 11.3. The van der Waals surface area contributed by atoms with Gasteiger partial charge in [0.15, 0.2) is 0 Å². The monoisotopic (exact) mass is 639 g/mol. The number of carbonyl (C=O) groups is 1. The molecular formula is C32H38ClN5O5S. The summed E-state index contributed by atoms with van der Waals surface area (Å²) in [6, 6.07) is 9.68. The van der Waals surface area contributed by atoms with Gasteiger partial charge < -0.3 is 9.84 Å². The van der Waals surface area contributed by atoms with Crippen LogP contribution >= 0.6 is 22.4 Å². The zero-order valence-corrected chi connectivity index (χ0v) is 27.1. The van der Waals surface area contributed by atoms with Gasteiger partial charge in [-0.25, -0.2) is 9.67 Å². The Bertz CT molecular complexity index is 1770. The zero-order chi connectivity index (χ0) is 31.6. The molecule has 3 heterocycles. The summed E-state index contributed by atoms with van der Waals surface area (Å²) in [4.78, 5) is 17.3. The van der Waals surface area contributed by atoms with E-state index in [1.165, 1.54) is 23.4 Å². The van der Waals surface area contributed by atoms with Crippen molar-refractivity contribution in [2.24, 2.45) is 12.5 Å². The van der Waals surface area contributed by atoms with Gasteiger partial charge in [0, 0.05) is 25.7 Å². The molecule has 234 valence electrons. The third kappa shape index (κ3) is 5.14. The molecule has 2 aliphatic rings. The molecule has 44 heavy (non-hydrogen) atoms. The molecule has 0 amide bonds. The topological polar surface area (TPSA) is 134 Å². The van der Waals surface area contributed by atoms with E-state index in [1.807, 2.05) is 33.0 Å². The van der Waals surface area contributed by atoms with Gasteiger partial charge in [0.25, 0.3) is 0 Å². The molecule has 0 unspecified atom stereocenters. The summed E-state index contributed by atoms with van der Waals surface area (Å²) in [5, 5.41) is 19.4. The summed E-state index contributed by atoms with van der Waals surface area (Å²) in [5.74, 6) is -1.23. The maximum atomic E-state index is 12.8. The molecule has 0 radical (unpaired) electrons. The van der Waals surface area contributed by atoms with Crippen LogP contribution in [0.15, 0.2) is 41.4 Å². The number of fused-ring (bicyclic) bond motifs is 3. The molecular weight excluding hydrogens is 602 g/mol. The van der Waals surface area contributed by atoms with E-state index in [9.17, 15) is 19.0 Å². The molecule has 3 N–H and O–H groups in total. The average Bonchev–Trinajstić information content (AvgIpc) is 3.58. The number of halogens is 1. The molecule has 0 saturated carbocycles. The largest absolute Gasteiger partial charge is 0.481 e. The highest BCUT2D eigenvalue weighted by Crippen LogP contribution is 2.58. The predicted molar refractivity (Wildman–Crippen MR) is 170 cm³/mol. The molecule has 0 spiro atoms. The minimum Gasteiger partial charge on any atom is -0.481 e. The van der Waals surface area contributed by atoms with Crippen molar-refractivity contribution in [1.82, 2.24) is 24.3 Å². The van der Waals surface area contributed by atoms with Crippen LogP contribution in [0, 0.1) is 12.3 Å². The Labute approximate surface area is 263 Å². The van der Waals surface area contributed by atoms with Gasteiger partial charge in [0.2, 0.25) is 5.88 Å². The molecule has 10 nitrogen and oxygen atoms in total. The first-order chi connectivity index (χ1) is 20.8. The van der Waals surface area contributed by atoms with Crippen LogP contribution in [-0.2, 0) is 31.2 Å². The predicted octanol–water partition coefficient (Wildman–Crippen LogP) is 6.75. The van der Waals surface area contributed by atoms with E-state index in [4.69, 9.17) is 16.3 Å². The van der Waals surface area contributed by atoms with Crippen molar-refractivity contribution in [3.63, 3.8) is 0 Å². The van der Waals surface area contributed by atoms with Crippen molar-refractivity contribution in [1.29, 1.82) is 0 Å². The fourth-order valence-electron chi connectivity index (χ4n) is 6.72. The first kappa shape index (κ1) is 30.8. The van der Waals surface area contributed by atoms with Gasteiger partial charge in [0.05, 0.1) is 22.5 Å². The number of aliphatic carboxylic acids is 1. The SMILES string of the molecule is CC[C@@H]1CN(Cc2cc([C@@H](c3ccc4c(nnn4C)c3C)C(C)(C)C(=O)O)cc3c2CCC3)S(O)(O)c2cc(Cl)cnc2O1. The molecule has 2 aromatic carbocycles. The second-order valence-corrected chi connectivity index (χ2v) is 14.9. The van der Waals surface area contributed by atoms with Gasteiger partial charge in [0.1, 0.15) is 16.5 Å². The van der Waals surface area contributed by atoms with Gasteiger partial charge in [-0.05, 0) is 92.0 Å². The highest BCUT2D eigenvalue weighted by molar-refractivity contribution is 8.22. The molecule has 0 bridgehead atoms. The summed E-state index contributed by atoms with van der Waals surface area (Å²) in [6.07, 6.45) is 4.49. The standard InChI is InChI=1S/C32H38ClN5O5S/c1-6-23-17-38(44(41,42)27-14-22(33)15-34-30(27)43-23)16-21-13-20(12-19-8-7-9-25(19)21)28(32(3,4)31(39)40)24-10-11-26-29(18(24)2)35-36-37(26)5/h10-15,23,28,41-42H,6-9,16-17H2,1-5H3,(H,39,40)/t23-,28+/m1/s1. The molecule has 2 atom stereocenters. The van der Waals surface area contributed by atoms with Crippen LogP contribution in [0.3, 0.4) is 0 Å². The van der Waals surface area contributed by atoms with Crippen molar-refractivity contribution in [2.45, 2.75) is 76.8 Å². The molecule has 1 aliphatic carbocycles. The zero-order valence-electron chi connectivity index (χ0n) is 25.5. The Kier molecular flexibility index (Phi) is 7.90. The first-order valence-corrected chi connectivity index (χ1v) is 16.7. The number of carboxylic acid groups (broad SMARTS) is 1. The Balaban J connectivity index is 1.50. The molecule has 0 saturated heterocycles. The summed E-state index contributed by atoms with van der Waals surface area (Å²) in [6.45, 7) is 8.00. The molecule has 4 aromatic rings. The Hall–Kier alpha value is -3.22. The lowest BCUT2D eigenvalue weighted by molar-refractivity contribution is -0.147. The maximum Gasteiger partial charge on any atom is 0.310 e. The third-order valence-corrected chi connectivity index (χ3v) is 11.3. The van der Waals surface area contributed by atoms with Gasteiger partial charge >= 0.3 is 5.97 Å². The lowest BCUT2D eigenvalue weighted by atomic mass is 9.69. The number of ether oxygens (including phenoxy) is 1. The lowest BCUT2D eigenvalue weighted by Crippen LogP contribution is -2.35. The van der Waals surface area contributed by atoms with Crippen molar-refractivity contribution in [3.8, 4) is 5.88 Å². The number of rotatable bonds is 7. The Morgan fingerprint density at radius 1 is 1.23 bits per heavy atom. The van der Waals surface area contributed by atoms with E-state index in [-0.39, 0.29) is 30.0 Å². The van der Waals surface area contributed by atoms with Gasteiger partial charge in [-0.15, -0.1) is 15.9 Å². The number of carboxylic acids is 1. The van der Waals surface area contributed by atoms with Crippen LogP contribution in [-0.4, -0.2) is 57.1 Å². The number of nitrogens with zero attached hydrogens (tertiary/aromatic N) is 5. The van der Waals surface area contributed by atoms with E-state index in [0.29, 0.717) is 11.4 Å². The van der Waals surface area contributed by atoms with E-state index in [1.54, 1.807) is 22.8 Å². The number of pyridine rings is 1. The fraction of sp³-hybridized carbons (Fsp3) is 0.438. The molecule has 6 rings (SSSR count). The van der Waals surface area contributed by atoms with E-state index in [2.05, 4.69) is 27.4 Å². The van der Waals surface area contributed by atoms with Crippen LogP contribution < -0.4 is 4.74 Å². The summed E-state index contributed by atoms with van der Waals surface area (Å²) >= 11 is 6.24. The molecule has 12 heteroatoms. The van der Waals surface area contributed by atoms with Gasteiger partial charge in [-0.1, -0.05) is 41.9 Å². The summed E-state index contributed by atoms with van der Waals surface area (Å²) < 4.78 is 32.9. The lowest BCUT2D eigenvalue weighted by Gasteiger charge is -2.42. The number of hydrogen-bond donors (Lipinski definition) is 3. The quantitative estimate of drug-likeness (QED) is 0.201. The van der Waals surface area contributed by atoms with Crippen LogP contribution in [0.2, 0.25) is 5.02 Å². The number of hydrogen-bond acceptors (Lipinski definition) is 8. The maximum absolute atomic E-state index is 12.8. The second-order valence-electron chi connectivity index (χ2n) is 12.4. The highest BCUT2D eigenvalue weighted by atomic mass is 35.5. The average molecular weight is 640 g/mol. The van der Waals surface area contributed by atoms with Crippen LogP contribution in [0.25, 0.3) is 11.0 Å². The molecule has 0 fully saturated rings. The normalized spacial score (nSPS) is 19.6. The third-order valence-electron chi connectivity index (χ3n) is 9.25. The summed E-state index contributed by atoms with van der Waals surface area (Å²) in [5.41, 5.74) is 6.39. The Morgan fingerprint density at radius 2 is 2.00 bits per heavy atom. The van der Waals surface area contributed by atoms with Crippen LogP contribution in [0.5, 0.6) is 5.88 Å².